The fourth-order valence-electron chi connectivity index (χ4n) is 1.20. The predicted molar refractivity (Wildman–Crippen MR) is 70.9 cm³/mol. The molecule has 1 aromatic rings. The topological polar surface area (TPSA) is 96.4 Å². The van der Waals surface area contributed by atoms with Crippen molar-refractivity contribution < 1.29 is 18.3 Å². The van der Waals surface area contributed by atoms with Crippen LogP contribution in [0, 0.1) is 0 Å². The summed E-state index contributed by atoms with van der Waals surface area (Å²) in [5.41, 5.74) is 0.711. The van der Waals surface area contributed by atoms with Gasteiger partial charge in [0.1, 0.15) is 0 Å². The zero-order chi connectivity index (χ0) is 13.6. The number of hydrogen-bond acceptors (Lipinski definition) is 6. The normalized spacial score (nSPS) is 11.4. The molecule has 0 spiro atoms. The summed E-state index contributed by atoms with van der Waals surface area (Å²) in [6.45, 7) is 1.94. The molecule has 1 rings (SSSR count). The summed E-state index contributed by atoms with van der Waals surface area (Å²) in [4.78, 5) is 14.6. The lowest BCUT2D eigenvalue weighted by atomic mass is 10.2. The average molecular weight is 292 g/mol. The van der Waals surface area contributed by atoms with Crippen molar-refractivity contribution in [2.24, 2.45) is 0 Å². The molecule has 0 fully saturated rings. The van der Waals surface area contributed by atoms with Crippen LogP contribution in [-0.4, -0.2) is 42.5 Å². The number of thiazole rings is 1. The van der Waals surface area contributed by atoms with Crippen LogP contribution in [0.4, 0.5) is 5.13 Å². The zero-order valence-corrected chi connectivity index (χ0v) is 11.7. The van der Waals surface area contributed by atoms with Crippen molar-refractivity contribution in [2.45, 2.75) is 19.8 Å². The molecule has 1 aromatic heterocycles. The second kappa shape index (κ2) is 6.69. The Kier molecular flexibility index (Phi) is 5.54. The Morgan fingerprint density at radius 3 is 2.89 bits per heavy atom. The van der Waals surface area contributed by atoms with Crippen LogP contribution in [0.5, 0.6) is 0 Å². The minimum absolute atomic E-state index is 0.0490. The van der Waals surface area contributed by atoms with Crippen molar-refractivity contribution in [1.29, 1.82) is 0 Å². The van der Waals surface area contributed by atoms with Gasteiger partial charge in [0.05, 0.1) is 17.9 Å². The van der Waals surface area contributed by atoms with Crippen molar-refractivity contribution >= 4 is 32.3 Å². The number of anilines is 1. The number of aromatic nitrogens is 1. The Bertz CT molecular complexity index is 496. The maximum absolute atomic E-state index is 11.2. The van der Waals surface area contributed by atoms with Gasteiger partial charge in [0.15, 0.2) is 15.0 Å². The molecule has 102 valence electrons. The third kappa shape index (κ3) is 5.46. The fraction of sp³-hybridized carbons (Fsp3) is 0.600. The minimum Gasteiger partial charge on any atom is -0.481 e. The Morgan fingerprint density at radius 1 is 1.56 bits per heavy atom. The van der Waals surface area contributed by atoms with Crippen molar-refractivity contribution in [2.75, 3.05) is 23.4 Å². The van der Waals surface area contributed by atoms with Gasteiger partial charge >= 0.3 is 5.97 Å². The van der Waals surface area contributed by atoms with Gasteiger partial charge in [-0.15, -0.1) is 11.3 Å². The first kappa shape index (κ1) is 14.9. The van der Waals surface area contributed by atoms with E-state index in [4.69, 9.17) is 5.11 Å². The SMILES string of the molecule is CCS(=O)(=O)CCNc1nc(CCC(=O)O)cs1. The van der Waals surface area contributed by atoms with Crippen LogP contribution in [0.2, 0.25) is 0 Å². The Balaban J connectivity index is 2.38. The highest BCUT2D eigenvalue weighted by atomic mass is 32.2. The van der Waals surface area contributed by atoms with Crippen LogP contribution >= 0.6 is 11.3 Å². The van der Waals surface area contributed by atoms with Gasteiger partial charge < -0.3 is 10.4 Å². The van der Waals surface area contributed by atoms with E-state index in [1.165, 1.54) is 11.3 Å². The van der Waals surface area contributed by atoms with Gasteiger partial charge in [-0.2, -0.15) is 0 Å². The van der Waals surface area contributed by atoms with Gasteiger partial charge in [0, 0.05) is 24.1 Å². The van der Waals surface area contributed by atoms with E-state index in [0.29, 0.717) is 23.8 Å². The molecular formula is C10H16N2O4S2. The molecule has 18 heavy (non-hydrogen) atoms. The minimum atomic E-state index is -2.97. The third-order valence-electron chi connectivity index (χ3n) is 2.28. The number of hydrogen-bond donors (Lipinski definition) is 2. The number of nitrogens with one attached hydrogen (secondary N) is 1. The van der Waals surface area contributed by atoms with E-state index in [2.05, 4.69) is 10.3 Å². The lowest BCUT2D eigenvalue weighted by molar-refractivity contribution is -0.136. The summed E-state index contributed by atoms with van der Waals surface area (Å²) in [5, 5.41) is 13.9. The highest BCUT2D eigenvalue weighted by Gasteiger charge is 2.08. The Hall–Kier alpha value is -1.15. The summed E-state index contributed by atoms with van der Waals surface area (Å²) in [6, 6.07) is 0. The van der Waals surface area contributed by atoms with Crippen LogP contribution in [0.15, 0.2) is 5.38 Å². The molecular weight excluding hydrogens is 276 g/mol. The highest BCUT2D eigenvalue weighted by Crippen LogP contribution is 2.16. The molecule has 0 atom stereocenters. The fourth-order valence-corrected chi connectivity index (χ4v) is 2.67. The number of nitrogens with zero attached hydrogens (tertiary/aromatic N) is 1. The molecule has 0 amide bonds. The number of carbonyl (C=O) groups is 1. The molecule has 0 saturated heterocycles. The molecule has 0 aliphatic heterocycles. The van der Waals surface area contributed by atoms with E-state index in [0.717, 1.165) is 0 Å². The predicted octanol–water partition coefficient (Wildman–Crippen LogP) is 1.01. The number of aryl methyl sites for hydroxylation is 1. The second-order valence-electron chi connectivity index (χ2n) is 3.70. The van der Waals surface area contributed by atoms with E-state index >= 15 is 0 Å². The van der Waals surface area contributed by atoms with Gasteiger partial charge in [-0.25, -0.2) is 13.4 Å². The van der Waals surface area contributed by atoms with Crippen molar-refractivity contribution in [3.05, 3.63) is 11.1 Å². The molecule has 6 nitrogen and oxygen atoms in total. The maximum Gasteiger partial charge on any atom is 0.303 e. The molecule has 8 heteroatoms. The van der Waals surface area contributed by atoms with E-state index in [1.54, 1.807) is 12.3 Å². The number of carboxylic acid groups (broad SMARTS) is 1. The summed E-state index contributed by atoms with van der Waals surface area (Å²) in [6.07, 6.45) is 0.439. The summed E-state index contributed by atoms with van der Waals surface area (Å²) in [5.74, 6) is -0.643. The molecule has 0 unspecified atom stereocenters. The van der Waals surface area contributed by atoms with Gasteiger partial charge in [0.25, 0.3) is 0 Å². The molecule has 0 aliphatic carbocycles. The van der Waals surface area contributed by atoms with Gasteiger partial charge in [-0.05, 0) is 0 Å². The number of sulfone groups is 1. The average Bonchev–Trinajstić information content (AvgIpc) is 2.74. The van der Waals surface area contributed by atoms with Crippen molar-refractivity contribution in [3.63, 3.8) is 0 Å². The summed E-state index contributed by atoms with van der Waals surface area (Å²) >= 11 is 1.35. The first-order valence-corrected chi connectivity index (χ1v) is 8.23. The molecule has 1 heterocycles. The smallest absolute Gasteiger partial charge is 0.303 e. The molecule has 0 saturated carbocycles. The second-order valence-corrected chi connectivity index (χ2v) is 7.03. The van der Waals surface area contributed by atoms with Crippen LogP contribution in [0.1, 0.15) is 19.0 Å². The zero-order valence-electron chi connectivity index (χ0n) is 10.0. The summed E-state index contributed by atoms with van der Waals surface area (Å²) < 4.78 is 22.5. The maximum atomic E-state index is 11.2. The van der Waals surface area contributed by atoms with E-state index in [1.807, 2.05) is 0 Å². The lowest BCUT2D eigenvalue weighted by Gasteiger charge is -2.02. The third-order valence-corrected chi connectivity index (χ3v) is 4.83. The Labute approximate surface area is 110 Å². The Morgan fingerprint density at radius 2 is 2.28 bits per heavy atom. The molecule has 0 radical (unpaired) electrons. The van der Waals surface area contributed by atoms with Crippen LogP contribution < -0.4 is 5.32 Å². The molecule has 0 aliphatic rings. The largest absolute Gasteiger partial charge is 0.481 e. The van der Waals surface area contributed by atoms with Gasteiger partial charge in [0.2, 0.25) is 0 Å². The van der Waals surface area contributed by atoms with E-state index in [-0.39, 0.29) is 17.9 Å². The number of aliphatic carboxylic acids is 1. The lowest BCUT2D eigenvalue weighted by Crippen LogP contribution is -2.17. The highest BCUT2D eigenvalue weighted by molar-refractivity contribution is 7.91. The van der Waals surface area contributed by atoms with Gasteiger partial charge in [-0.1, -0.05) is 6.92 Å². The van der Waals surface area contributed by atoms with Gasteiger partial charge in [-0.3, -0.25) is 4.79 Å². The molecule has 2 N–H and O–H groups in total. The van der Waals surface area contributed by atoms with Crippen molar-refractivity contribution in [1.82, 2.24) is 4.98 Å². The molecule has 0 bridgehead atoms. The standard InChI is InChI=1S/C10H16N2O4S2/c1-2-18(15,16)6-5-11-10-12-8(7-17-10)3-4-9(13)14/h7H,2-6H2,1H3,(H,11,12)(H,13,14). The van der Waals surface area contributed by atoms with Crippen LogP contribution in [-0.2, 0) is 21.1 Å². The van der Waals surface area contributed by atoms with E-state index < -0.39 is 15.8 Å². The number of rotatable bonds is 8. The van der Waals surface area contributed by atoms with Crippen molar-refractivity contribution in [3.8, 4) is 0 Å². The first-order valence-electron chi connectivity index (χ1n) is 5.53. The number of carboxylic acids is 1. The summed E-state index contributed by atoms with van der Waals surface area (Å²) in [7, 11) is -2.97. The van der Waals surface area contributed by atoms with Crippen LogP contribution in [0.25, 0.3) is 0 Å². The first-order chi connectivity index (χ1) is 8.43. The quantitative estimate of drug-likeness (QED) is 0.742. The van der Waals surface area contributed by atoms with Crippen LogP contribution in [0.3, 0.4) is 0 Å². The van der Waals surface area contributed by atoms with E-state index in [9.17, 15) is 13.2 Å². The monoisotopic (exact) mass is 292 g/mol. The molecule has 0 aromatic carbocycles.